The molecule has 3 fully saturated rings. The Hall–Kier alpha value is -2.84. The van der Waals surface area contributed by atoms with Crippen LogP contribution in [0.25, 0.3) is 0 Å². The standard InChI is InChI=1S/C28H32N2O5S/c1-2-35-27(34)22-21-13-14-28(36-21)23(22)26(33)30(20(17-31)15-18-9-5-3-6-10-18)24(28)25(32)29-16-19-11-7-4-8-12-19/h3-12,20-24,31H,2,13-17H2,1H3,(H,29,32)/t20-,21+,22-,23+,24?,28?/m1/s1. The number of benzene rings is 2. The van der Waals surface area contributed by atoms with Gasteiger partial charge in [-0.15, -0.1) is 11.8 Å². The van der Waals surface area contributed by atoms with E-state index in [0.717, 1.165) is 17.5 Å². The summed E-state index contributed by atoms with van der Waals surface area (Å²) < 4.78 is 4.67. The molecule has 0 aromatic heterocycles. The number of rotatable bonds is 9. The lowest BCUT2D eigenvalue weighted by Gasteiger charge is -2.37. The average Bonchev–Trinajstić information content (AvgIpc) is 3.54. The van der Waals surface area contributed by atoms with Gasteiger partial charge in [0.05, 0.1) is 35.8 Å². The largest absolute Gasteiger partial charge is 0.466 e. The summed E-state index contributed by atoms with van der Waals surface area (Å²) in [6.45, 7) is 2.08. The monoisotopic (exact) mass is 508 g/mol. The fourth-order valence-electron chi connectivity index (χ4n) is 6.31. The van der Waals surface area contributed by atoms with Crippen LogP contribution >= 0.6 is 11.8 Å². The molecule has 190 valence electrons. The van der Waals surface area contributed by atoms with Gasteiger partial charge in [-0.05, 0) is 37.3 Å². The normalized spacial score (nSPS) is 29.2. The third-order valence-corrected chi connectivity index (χ3v) is 9.72. The van der Waals surface area contributed by atoms with E-state index in [1.807, 2.05) is 60.7 Å². The predicted molar refractivity (Wildman–Crippen MR) is 137 cm³/mol. The number of aliphatic hydroxyl groups is 1. The Bertz CT molecular complexity index is 1110. The van der Waals surface area contributed by atoms with Crippen molar-refractivity contribution < 1.29 is 24.2 Å². The van der Waals surface area contributed by atoms with Crippen molar-refractivity contribution in [3.05, 3.63) is 71.8 Å². The Morgan fingerprint density at radius 3 is 2.44 bits per heavy atom. The van der Waals surface area contributed by atoms with Gasteiger partial charge in [0.25, 0.3) is 0 Å². The van der Waals surface area contributed by atoms with E-state index >= 15 is 0 Å². The smallest absolute Gasteiger partial charge is 0.310 e. The molecular formula is C28H32N2O5S. The molecule has 2 N–H and O–H groups in total. The molecule has 2 aromatic carbocycles. The lowest BCUT2D eigenvalue weighted by Crippen LogP contribution is -2.56. The lowest BCUT2D eigenvalue weighted by molar-refractivity contribution is -0.154. The number of likely N-dealkylation sites (tertiary alicyclic amines) is 1. The van der Waals surface area contributed by atoms with Crippen molar-refractivity contribution in [2.75, 3.05) is 13.2 Å². The van der Waals surface area contributed by atoms with Gasteiger partial charge >= 0.3 is 5.97 Å². The van der Waals surface area contributed by atoms with Crippen molar-refractivity contribution in [2.24, 2.45) is 11.8 Å². The molecule has 2 unspecified atom stereocenters. The summed E-state index contributed by atoms with van der Waals surface area (Å²) in [5.41, 5.74) is 1.94. The predicted octanol–water partition coefficient (Wildman–Crippen LogP) is 2.56. The highest BCUT2D eigenvalue weighted by Crippen LogP contribution is 2.66. The summed E-state index contributed by atoms with van der Waals surface area (Å²) in [5.74, 6) is -2.01. The Morgan fingerprint density at radius 1 is 1.14 bits per heavy atom. The van der Waals surface area contributed by atoms with Gasteiger partial charge in [0.2, 0.25) is 11.8 Å². The maximum absolute atomic E-state index is 14.1. The van der Waals surface area contributed by atoms with Gasteiger partial charge in [-0.3, -0.25) is 14.4 Å². The van der Waals surface area contributed by atoms with Crippen LogP contribution in [0.5, 0.6) is 0 Å². The molecule has 3 aliphatic rings. The molecule has 2 amide bonds. The summed E-state index contributed by atoms with van der Waals surface area (Å²) in [5, 5.41) is 13.5. The van der Waals surface area contributed by atoms with Gasteiger partial charge < -0.3 is 20.1 Å². The molecule has 3 saturated heterocycles. The number of ether oxygens (including phenoxy) is 1. The number of fused-ring (bicyclic) bond motifs is 1. The number of carbonyl (C=O) groups is 3. The Labute approximate surface area is 215 Å². The van der Waals surface area contributed by atoms with Gasteiger partial charge in [0.15, 0.2) is 0 Å². The van der Waals surface area contributed by atoms with E-state index in [0.29, 0.717) is 19.4 Å². The van der Waals surface area contributed by atoms with Crippen LogP contribution in [0.4, 0.5) is 0 Å². The van der Waals surface area contributed by atoms with Crippen LogP contribution in [0.2, 0.25) is 0 Å². The fourth-order valence-corrected chi connectivity index (χ4v) is 8.50. The number of hydrogen-bond donors (Lipinski definition) is 2. The maximum atomic E-state index is 14.1. The van der Waals surface area contributed by atoms with Crippen molar-refractivity contribution >= 4 is 29.5 Å². The molecule has 2 bridgehead atoms. The van der Waals surface area contributed by atoms with Crippen LogP contribution in [0.1, 0.15) is 30.9 Å². The summed E-state index contributed by atoms with van der Waals surface area (Å²) in [6, 6.07) is 18.0. The summed E-state index contributed by atoms with van der Waals surface area (Å²) in [4.78, 5) is 42.5. The minimum Gasteiger partial charge on any atom is -0.466 e. The van der Waals surface area contributed by atoms with Crippen molar-refractivity contribution in [1.82, 2.24) is 10.2 Å². The zero-order chi connectivity index (χ0) is 25.3. The summed E-state index contributed by atoms with van der Waals surface area (Å²) in [7, 11) is 0. The second kappa shape index (κ2) is 10.3. The molecule has 7 nitrogen and oxygen atoms in total. The summed E-state index contributed by atoms with van der Waals surface area (Å²) in [6.07, 6.45) is 1.86. The van der Waals surface area contributed by atoms with Gasteiger partial charge in [-0.2, -0.15) is 0 Å². The van der Waals surface area contributed by atoms with E-state index < -0.39 is 28.7 Å². The number of nitrogens with zero attached hydrogens (tertiary/aromatic N) is 1. The summed E-state index contributed by atoms with van der Waals surface area (Å²) >= 11 is 1.61. The second-order valence-electron chi connectivity index (χ2n) is 9.78. The van der Waals surface area contributed by atoms with E-state index in [4.69, 9.17) is 4.74 Å². The van der Waals surface area contributed by atoms with Crippen LogP contribution in [0.3, 0.4) is 0 Å². The minimum absolute atomic E-state index is 0.0359. The molecule has 3 aliphatic heterocycles. The highest BCUT2D eigenvalue weighted by atomic mass is 32.2. The van der Waals surface area contributed by atoms with Crippen LogP contribution in [0.15, 0.2) is 60.7 Å². The fraction of sp³-hybridized carbons (Fsp3) is 0.464. The van der Waals surface area contributed by atoms with E-state index in [-0.39, 0.29) is 36.2 Å². The molecule has 1 spiro atoms. The molecule has 0 radical (unpaired) electrons. The third-order valence-electron chi connectivity index (χ3n) is 7.77. The molecule has 3 heterocycles. The first-order valence-corrected chi connectivity index (χ1v) is 13.5. The van der Waals surface area contributed by atoms with E-state index in [2.05, 4.69) is 5.32 Å². The minimum atomic E-state index is -0.769. The molecule has 0 saturated carbocycles. The molecule has 5 rings (SSSR count). The molecule has 6 atom stereocenters. The number of thioether (sulfide) groups is 1. The Kier molecular flexibility index (Phi) is 7.08. The maximum Gasteiger partial charge on any atom is 0.310 e. The van der Waals surface area contributed by atoms with Crippen molar-refractivity contribution in [3.63, 3.8) is 0 Å². The highest BCUT2D eigenvalue weighted by Gasteiger charge is 2.74. The second-order valence-corrected chi connectivity index (χ2v) is 11.4. The average molecular weight is 509 g/mol. The highest BCUT2D eigenvalue weighted by molar-refractivity contribution is 8.02. The first-order chi connectivity index (χ1) is 17.5. The van der Waals surface area contributed by atoms with Crippen LogP contribution in [0, 0.1) is 11.8 Å². The van der Waals surface area contributed by atoms with E-state index in [1.165, 1.54) is 0 Å². The molecule has 8 heteroatoms. The SMILES string of the molecule is CCOC(=O)[C@@H]1[C@@H]2CCC3(S2)C(C(=O)NCc2ccccc2)N([C@@H](CO)Cc2ccccc2)C(=O)[C@H]13. The lowest BCUT2D eigenvalue weighted by atomic mass is 9.71. The quantitative estimate of drug-likeness (QED) is 0.506. The number of hydrogen-bond acceptors (Lipinski definition) is 6. The van der Waals surface area contributed by atoms with Crippen molar-refractivity contribution in [3.8, 4) is 0 Å². The van der Waals surface area contributed by atoms with Gasteiger partial charge in [0.1, 0.15) is 6.04 Å². The van der Waals surface area contributed by atoms with E-state index in [1.54, 1.807) is 23.6 Å². The molecule has 36 heavy (non-hydrogen) atoms. The van der Waals surface area contributed by atoms with Crippen molar-refractivity contribution in [1.29, 1.82) is 0 Å². The number of amides is 2. The number of carbonyl (C=O) groups excluding carboxylic acids is 3. The van der Waals surface area contributed by atoms with Gasteiger partial charge in [-0.25, -0.2) is 0 Å². The molecule has 2 aromatic rings. The van der Waals surface area contributed by atoms with Crippen LogP contribution < -0.4 is 5.32 Å². The van der Waals surface area contributed by atoms with Crippen LogP contribution in [-0.4, -0.2) is 63.1 Å². The third kappa shape index (κ3) is 4.20. The van der Waals surface area contributed by atoms with Crippen LogP contribution in [-0.2, 0) is 32.1 Å². The van der Waals surface area contributed by atoms with Crippen molar-refractivity contribution in [2.45, 2.75) is 54.8 Å². The molecular weight excluding hydrogens is 476 g/mol. The Balaban J connectivity index is 1.49. The number of aliphatic hydroxyl groups excluding tert-OH is 1. The first-order valence-electron chi connectivity index (χ1n) is 12.6. The number of nitrogens with one attached hydrogen (secondary N) is 1. The van der Waals surface area contributed by atoms with Gasteiger partial charge in [0, 0.05) is 11.8 Å². The van der Waals surface area contributed by atoms with E-state index in [9.17, 15) is 19.5 Å². The molecule has 0 aliphatic carbocycles. The Morgan fingerprint density at radius 2 is 1.81 bits per heavy atom. The zero-order valence-electron chi connectivity index (χ0n) is 20.3. The number of esters is 1. The topological polar surface area (TPSA) is 95.9 Å². The van der Waals surface area contributed by atoms with Gasteiger partial charge in [-0.1, -0.05) is 60.7 Å². The first kappa shape index (κ1) is 24.8. The zero-order valence-corrected chi connectivity index (χ0v) is 21.2.